The molecular weight excluding hydrogens is 176 g/mol. The van der Waals surface area contributed by atoms with E-state index in [1.54, 1.807) is 0 Å². The Balaban J connectivity index is 2.64. The van der Waals surface area contributed by atoms with Gasteiger partial charge >= 0.3 is 12.0 Å². The number of hydrogen-bond donors (Lipinski definition) is 1. The van der Waals surface area contributed by atoms with Gasteiger partial charge in [-0.15, -0.1) is 0 Å². The first kappa shape index (κ1) is 9.50. The van der Waals surface area contributed by atoms with Gasteiger partial charge in [0.2, 0.25) is 0 Å². The van der Waals surface area contributed by atoms with Crippen LogP contribution in [-0.4, -0.2) is 43.0 Å². The second kappa shape index (κ2) is 3.42. The van der Waals surface area contributed by atoms with Crippen LogP contribution in [0, 0.1) is 0 Å². The van der Waals surface area contributed by atoms with Crippen molar-refractivity contribution < 1.29 is 19.1 Å². The highest BCUT2D eigenvalue weighted by Crippen LogP contribution is 2.09. The molecule has 1 aliphatic heterocycles. The third kappa shape index (κ3) is 1.77. The van der Waals surface area contributed by atoms with Crippen molar-refractivity contribution in [2.75, 3.05) is 14.2 Å². The number of hydrogen-bond acceptors (Lipinski definition) is 4. The molecule has 0 aliphatic carbocycles. The Morgan fingerprint density at radius 3 is 2.62 bits per heavy atom. The fraction of sp³-hybridized carbons (Fsp3) is 0.571. The van der Waals surface area contributed by atoms with E-state index in [9.17, 15) is 14.4 Å². The van der Waals surface area contributed by atoms with Crippen LogP contribution in [0.15, 0.2) is 0 Å². The minimum Gasteiger partial charge on any atom is -0.469 e. The van der Waals surface area contributed by atoms with E-state index in [1.165, 1.54) is 19.1 Å². The number of imide groups is 1. The fourth-order valence-corrected chi connectivity index (χ4v) is 1.07. The molecule has 0 saturated carbocycles. The zero-order valence-corrected chi connectivity index (χ0v) is 7.36. The Labute approximate surface area is 74.8 Å². The van der Waals surface area contributed by atoms with E-state index in [-0.39, 0.29) is 6.42 Å². The first-order valence-corrected chi connectivity index (χ1v) is 3.70. The van der Waals surface area contributed by atoms with E-state index in [2.05, 4.69) is 10.1 Å². The number of nitrogens with zero attached hydrogens (tertiary/aromatic N) is 1. The summed E-state index contributed by atoms with van der Waals surface area (Å²) in [6.45, 7) is 0. The molecule has 1 unspecified atom stereocenters. The van der Waals surface area contributed by atoms with Gasteiger partial charge in [0.15, 0.2) is 0 Å². The molecule has 0 bridgehead atoms. The van der Waals surface area contributed by atoms with Crippen molar-refractivity contribution in [1.29, 1.82) is 0 Å². The summed E-state index contributed by atoms with van der Waals surface area (Å²) >= 11 is 0. The van der Waals surface area contributed by atoms with Gasteiger partial charge in [0, 0.05) is 7.05 Å². The number of carbonyl (C=O) groups excluding carboxylic acids is 3. The average molecular weight is 186 g/mol. The first-order chi connectivity index (χ1) is 6.06. The Morgan fingerprint density at radius 1 is 1.62 bits per heavy atom. The second-order valence-electron chi connectivity index (χ2n) is 2.70. The van der Waals surface area contributed by atoms with Crippen LogP contribution in [0.1, 0.15) is 6.42 Å². The smallest absolute Gasteiger partial charge is 0.324 e. The third-order valence-corrected chi connectivity index (χ3v) is 1.91. The maximum absolute atomic E-state index is 11.1. The van der Waals surface area contributed by atoms with E-state index < -0.39 is 23.9 Å². The Hall–Kier alpha value is -1.59. The zero-order valence-electron chi connectivity index (χ0n) is 7.36. The summed E-state index contributed by atoms with van der Waals surface area (Å²) in [6.07, 6.45) is -0.107. The van der Waals surface area contributed by atoms with Crippen LogP contribution in [0.5, 0.6) is 0 Å². The molecule has 1 N–H and O–H groups in total. The highest BCUT2D eigenvalue weighted by atomic mass is 16.5. The van der Waals surface area contributed by atoms with Gasteiger partial charge in [0.1, 0.15) is 6.04 Å². The van der Waals surface area contributed by atoms with Gasteiger partial charge in [-0.3, -0.25) is 14.9 Å². The van der Waals surface area contributed by atoms with Crippen molar-refractivity contribution in [3.63, 3.8) is 0 Å². The number of amides is 3. The van der Waals surface area contributed by atoms with Gasteiger partial charge in [-0.2, -0.15) is 0 Å². The van der Waals surface area contributed by atoms with Gasteiger partial charge in [-0.1, -0.05) is 0 Å². The van der Waals surface area contributed by atoms with E-state index in [4.69, 9.17) is 0 Å². The van der Waals surface area contributed by atoms with E-state index in [0.717, 1.165) is 0 Å². The molecule has 3 amide bonds. The molecule has 72 valence electrons. The predicted molar refractivity (Wildman–Crippen MR) is 41.7 cm³/mol. The van der Waals surface area contributed by atoms with Crippen LogP contribution in [0.2, 0.25) is 0 Å². The van der Waals surface area contributed by atoms with E-state index >= 15 is 0 Å². The number of rotatable bonds is 2. The third-order valence-electron chi connectivity index (χ3n) is 1.91. The molecule has 0 aromatic heterocycles. The highest BCUT2D eigenvalue weighted by Gasteiger charge is 2.37. The minimum absolute atomic E-state index is 0.107. The highest BCUT2D eigenvalue weighted by molar-refractivity contribution is 6.05. The number of ether oxygens (including phenoxy) is 1. The average Bonchev–Trinajstić information content (AvgIpc) is 2.32. The number of likely N-dealkylation sites (N-methyl/N-ethyl adjacent to an activating group) is 1. The second-order valence-corrected chi connectivity index (χ2v) is 2.70. The monoisotopic (exact) mass is 186 g/mol. The van der Waals surface area contributed by atoms with Gasteiger partial charge in [-0.25, -0.2) is 4.79 Å². The predicted octanol–water partition coefficient (Wildman–Crippen LogP) is -0.900. The molecular formula is C7H10N2O4. The van der Waals surface area contributed by atoms with Crippen LogP contribution < -0.4 is 5.32 Å². The number of esters is 1. The first-order valence-electron chi connectivity index (χ1n) is 3.70. The molecule has 6 heteroatoms. The Morgan fingerprint density at radius 2 is 2.23 bits per heavy atom. The standard InChI is InChI=1S/C7H10N2O4/c1-9-4(3-5(10)13-2)6(11)8-7(9)12/h4H,3H2,1-2H3,(H,8,11,12). The largest absolute Gasteiger partial charge is 0.469 e. The minimum atomic E-state index is -0.736. The molecule has 1 fully saturated rings. The van der Waals surface area contributed by atoms with Crippen LogP contribution in [-0.2, 0) is 14.3 Å². The van der Waals surface area contributed by atoms with Crippen molar-refractivity contribution in [1.82, 2.24) is 10.2 Å². The normalized spacial score (nSPS) is 21.7. The molecule has 0 radical (unpaired) electrons. The number of nitrogens with one attached hydrogen (secondary N) is 1. The molecule has 1 saturated heterocycles. The van der Waals surface area contributed by atoms with Crippen molar-refractivity contribution in [3.05, 3.63) is 0 Å². The summed E-state index contributed by atoms with van der Waals surface area (Å²) in [5.74, 6) is -0.973. The van der Waals surface area contributed by atoms with E-state index in [1.807, 2.05) is 0 Å². The molecule has 6 nitrogen and oxygen atoms in total. The van der Waals surface area contributed by atoms with Gasteiger partial charge < -0.3 is 9.64 Å². The molecule has 1 atom stereocenters. The molecule has 0 spiro atoms. The van der Waals surface area contributed by atoms with Crippen molar-refractivity contribution in [3.8, 4) is 0 Å². The van der Waals surface area contributed by atoms with Gasteiger partial charge in [0.05, 0.1) is 13.5 Å². The van der Waals surface area contributed by atoms with Crippen LogP contribution in [0.25, 0.3) is 0 Å². The lowest BCUT2D eigenvalue weighted by Crippen LogP contribution is -2.33. The maximum atomic E-state index is 11.1. The Kier molecular flexibility index (Phi) is 2.50. The van der Waals surface area contributed by atoms with Crippen LogP contribution in [0.3, 0.4) is 0 Å². The van der Waals surface area contributed by atoms with Crippen LogP contribution >= 0.6 is 0 Å². The van der Waals surface area contributed by atoms with Crippen molar-refractivity contribution in [2.45, 2.75) is 12.5 Å². The SMILES string of the molecule is COC(=O)CC1C(=O)NC(=O)N1C. The summed E-state index contributed by atoms with van der Waals surface area (Å²) in [5.41, 5.74) is 0. The van der Waals surface area contributed by atoms with Crippen molar-refractivity contribution >= 4 is 17.9 Å². The van der Waals surface area contributed by atoms with Gasteiger partial charge in [0.25, 0.3) is 5.91 Å². The van der Waals surface area contributed by atoms with E-state index in [0.29, 0.717) is 0 Å². The summed E-state index contributed by atoms with van der Waals surface area (Å²) in [6, 6.07) is -1.22. The molecule has 0 aromatic carbocycles. The maximum Gasteiger partial charge on any atom is 0.324 e. The summed E-state index contributed by atoms with van der Waals surface area (Å²) in [4.78, 5) is 34.0. The summed E-state index contributed by atoms with van der Waals surface area (Å²) in [5, 5.41) is 2.09. The summed E-state index contributed by atoms with van der Waals surface area (Å²) in [7, 11) is 2.69. The number of urea groups is 1. The Bertz CT molecular complexity index is 263. The topological polar surface area (TPSA) is 75.7 Å². The molecule has 0 aromatic rings. The quantitative estimate of drug-likeness (QED) is 0.448. The van der Waals surface area contributed by atoms with Crippen LogP contribution in [0.4, 0.5) is 4.79 Å². The lowest BCUT2D eigenvalue weighted by molar-refractivity contribution is -0.143. The van der Waals surface area contributed by atoms with Crippen molar-refractivity contribution in [2.24, 2.45) is 0 Å². The molecule has 1 heterocycles. The number of carbonyl (C=O) groups is 3. The lowest BCUT2D eigenvalue weighted by atomic mass is 10.2. The summed E-state index contributed by atoms with van der Waals surface area (Å²) < 4.78 is 4.39. The molecule has 13 heavy (non-hydrogen) atoms. The zero-order chi connectivity index (χ0) is 10.0. The fourth-order valence-electron chi connectivity index (χ4n) is 1.07. The molecule has 1 rings (SSSR count). The molecule has 1 aliphatic rings. The number of methoxy groups -OCH3 is 1. The van der Waals surface area contributed by atoms with Gasteiger partial charge in [-0.05, 0) is 0 Å². The lowest BCUT2D eigenvalue weighted by Gasteiger charge is -2.14.